The van der Waals surface area contributed by atoms with Gasteiger partial charge in [-0.1, -0.05) is 0 Å². The van der Waals surface area contributed by atoms with Gasteiger partial charge in [-0.25, -0.2) is 9.78 Å². The third kappa shape index (κ3) is 6.22. The first-order chi connectivity index (χ1) is 10.3. The van der Waals surface area contributed by atoms with E-state index >= 15 is 0 Å². The molecule has 1 heterocycles. The first-order valence-corrected chi connectivity index (χ1v) is 6.93. The number of carbonyl (C=O) groups is 2. The molecule has 0 saturated carbocycles. The van der Waals surface area contributed by atoms with Gasteiger partial charge >= 0.3 is 6.09 Å². The van der Waals surface area contributed by atoms with Crippen molar-refractivity contribution in [3.05, 3.63) is 29.6 Å². The molecule has 1 aromatic heterocycles. The zero-order chi connectivity index (χ0) is 16.6. The van der Waals surface area contributed by atoms with E-state index in [9.17, 15) is 9.59 Å². The molecule has 0 spiro atoms. The third-order valence-electron chi connectivity index (χ3n) is 2.47. The molecule has 0 saturated heterocycles. The van der Waals surface area contributed by atoms with Gasteiger partial charge in [0.1, 0.15) is 11.7 Å². The van der Waals surface area contributed by atoms with Crippen LogP contribution in [0.2, 0.25) is 0 Å². The SMILES string of the molecule is CC(C)(C)OC(=O)NCCCNC(=O)c1cccnc1C#N. The molecule has 0 aromatic carbocycles. The Bertz CT molecular complexity index is 573. The standard InChI is InChI=1S/C15H20N4O3/c1-15(2,3)22-14(21)19-9-5-8-18-13(20)11-6-4-7-17-12(11)10-16/h4,6-7H,5,8-9H2,1-3H3,(H,18,20)(H,19,21). The van der Waals surface area contributed by atoms with Gasteiger partial charge in [-0.15, -0.1) is 0 Å². The highest BCUT2D eigenvalue weighted by Crippen LogP contribution is 2.06. The number of rotatable bonds is 5. The molecule has 0 aliphatic rings. The number of hydrogen-bond donors (Lipinski definition) is 2. The molecule has 0 fully saturated rings. The summed E-state index contributed by atoms with van der Waals surface area (Å²) in [4.78, 5) is 27.1. The minimum Gasteiger partial charge on any atom is -0.444 e. The van der Waals surface area contributed by atoms with Crippen molar-refractivity contribution in [2.24, 2.45) is 0 Å². The zero-order valence-electron chi connectivity index (χ0n) is 13.0. The van der Waals surface area contributed by atoms with Gasteiger partial charge < -0.3 is 15.4 Å². The van der Waals surface area contributed by atoms with Crippen molar-refractivity contribution < 1.29 is 14.3 Å². The van der Waals surface area contributed by atoms with E-state index in [1.54, 1.807) is 32.9 Å². The summed E-state index contributed by atoms with van der Waals surface area (Å²) in [5.41, 5.74) is -0.205. The number of alkyl carbamates (subject to hydrolysis) is 1. The first-order valence-electron chi connectivity index (χ1n) is 6.93. The average Bonchev–Trinajstić information content (AvgIpc) is 2.44. The summed E-state index contributed by atoms with van der Waals surface area (Å²) in [5, 5.41) is 14.1. The lowest BCUT2D eigenvalue weighted by Crippen LogP contribution is -2.34. The number of hydrogen-bond acceptors (Lipinski definition) is 5. The first kappa shape index (κ1) is 17.4. The fourth-order valence-corrected chi connectivity index (χ4v) is 1.57. The van der Waals surface area contributed by atoms with Gasteiger partial charge in [0.2, 0.25) is 0 Å². The molecule has 22 heavy (non-hydrogen) atoms. The molecule has 2 N–H and O–H groups in total. The zero-order valence-corrected chi connectivity index (χ0v) is 13.0. The lowest BCUT2D eigenvalue weighted by atomic mass is 10.2. The van der Waals surface area contributed by atoms with Crippen molar-refractivity contribution in [2.75, 3.05) is 13.1 Å². The molecule has 1 aromatic rings. The van der Waals surface area contributed by atoms with Crippen LogP contribution >= 0.6 is 0 Å². The Morgan fingerprint density at radius 2 is 2.00 bits per heavy atom. The van der Waals surface area contributed by atoms with Gasteiger partial charge in [0.25, 0.3) is 5.91 Å². The highest BCUT2D eigenvalue weighted by atomic mass is 16.6. The molecule has 0 atom stereocenters. The van der Waals surface area contributed by atoms with Gasteiger partial charge in [0, 0.05) is 19.3 Å². The minimum absolute atomic E-state index is 0.0897. The van der Waals surface area contributed by atoms with Gasteiger partial charge in [-0.3, -0.25) is 4.79 Å². The lowest BCUT2D eigenvalue weighted by molar-refractivity contribution is 0.0527. The third-order valence-corrected chi connectivity index (χ3v) is 2.47. The average molecular weight is 304 g/mol. The minimum atomic E-state index is -0.535. The molecule has 118 valence electrons. The number of nitrogens with one attached hydrogen (secondary N) is 2. The van der Waals surface area contributed by atoms with Crippen molar-refractivity contribution in [3.63, 3.8) is 0 Å². The van der Waals surface area contributed by atoms with E-state index in [0.29, 0.717) is 19.5 Å². The highest BCUT2D eigenvalue weighted by molar-refractivity contribution is 5.95. The second-order valence-electron chi connectivity index (χ2n) is 5.55. The summed E-state index contributed by atoms with van der Waals surface area (Å²) in [6, 6.07) is 5.01. The predicted molar refractivity (Wildman–Crippen MR) is 80.1 cm³/mol. The number of pyridine rings is 1. The monoisotopic (exact) mass is 304 g/mol. The van der Waals surface area contributed by atoms with E-state index in [1.165, 1.54) is 6.20 Å². The van der Waals surface area contributed by atoms with Crippen LogP contribution in [0.15, 0.2) is 18.3 Å². The van der Waals surface area contributed by atoms with Crippen LogP contribution in [0.25, 0.3) is 0 Å². The summed E-state index contributed by atoms with van der Waals surface area (Å²) in [6.07, 6.45) is 1.52. The number of carbonyl (C=O) groups excluding carboxylic acids is 2. The fourth-order valence-electron chi connectivity index (χ4n) is 1.57. The van der Waals surface area contributed by atoms with Crippen LogP contribution in [-0.4, -0.2) is 35.7 Å². The van der Waals surface area contributed by atoms with Crippen LogP contribution < -0.4 is 10.6 Å². The Hall–Kier alpha value is -2.62. The maximum Gasteiger partial charge on any atom is 0.407 e. The molecule has 0 radical (unpaired) electrons. The topological polar surface area (TPSA) is 104 Å². The maximum absolute atomic E-state index is 11.9. The Morgan fingerprint density at radius 1 is 1.32 bits per heavy atom. The lowest BCUT2D eigenvalue weighted by Gasteiger charge is -2.19. The van der Waals surface area contributed by atoms with Gasteiger partial charge in [-0.05, 0) is 39.3 Å². The Balaban J connectivity index is 2.29. The maximum atomic E-state index is 11.9. The highest BCUT2D eigenvalue weighted by Gasteiger charge is 2.15. The predicted octanol–water partition coefficient (Wildman–Crippen LogP) is 1.60. The molecule has 7 nitrogen and oxygen atoms in total. The van der Waals surface area contributed by atoms with Crippen LogP contribution in [0.1, 0.15) is 43.2 Å². The summed E-state index contributed by atoms with van der Waals surface area (Å²) in [6.45, 7) is 6.11. The number of nitriles is 1. The summed E-state index contributed by atoms with van der Waals surface area (Å²) >= 11 is 0. The van der Waals surface area contributed by atoms with Crippen molar-refractivity contribution in [1.82, 2.24) is 15.6 Å². The van der Waals surface area contributed by atoms with E-state index in [0.717, 1.165) is 0 Å². The van der Waals surface area contributed by atoms with Crippen LogP contribution in [0.3, 0.4) is 0 Å². The normalized spacial score (nSPS) is 10.5. The largest absolute Gasteiger partial charge is 0.444 e. The van der Waals surface area contributed by atoms with E-state index in [-0.39, 0.29) is 17.2 Å². The number of nitrogens with zero attached hydrogens (tertiary/aromatic N) is 2. The van der Waals surface area contributed by atoms with E-state index in [4.69, 9.17) is 10.00 Å². The van der Waals surface area contributed by atoms with Crippen LogP contribution in [-0.2, 0) is 4.74 Å². The van der Waals surface area contributed by atoms with Gasteiger partial charge in [0.05, 0.1) is 5.56 Å². The molecule has 7 heteroatoms. The van der Waals surface area contributed by atoms with E-state index in [2.05, 4.69) is 15.6 Å². The van der Waals surface area contributed by atoms with Gasteiger partial charge in [0.15, 0.2) is 5.69 Å². The Morgan fingerprint density at radius 3 is 2.64 bits per heavy atom. The number of amides is 2. The Labute approximate surface area is 129 Å². The fraction of sp³-hybridized carbons (Fsp3) is 0.467. The summed E-state index contributed by atoms with van der Waals surface area (Å²) in [5.74, 6) is -0.359. The summed E-state index contributed by atoms with van der Waals surface area (Å²) < 4.78 is 5.08. The molecule has 0 bridgehead atoms. The molecule has 1 rings (SSSR count). The Kier molecular flexibility index (Phi) is 6.32. The second-order valence-corrected chi connectivity index (χ2v) is 5.55. The van der Waals surface area contributed by atoms with Crippen LogP contribution in [0.5, 0.6) is 0 Å². The summed E-state index contributed by atoms with van der Waals surface area (Å²) in [7, 11) is 0. The van der Waals surface area contributed by atoms with Crippen LogP contribution in [0, 0.1) is 11.3 Å². The number of ether oxygens (including phenoxy) is 1. The van der Waals surface area contributed by atoms with Crippen molar-refractivity contribution in [3.8, 4) is 6.07 Å². The van der Waals surface area contributed by atoms with E-state index in [1.807, 2.05) is 6.07 Å². The van der Waals surface area contributed by atoms with Gasteiger partial charge in [-0.2, -0.15) is 5.26 Å². The molecule has 2 amide bonds. The van der Waals surface area contributed by atoms with Crippen LogP contribution in [0.4, 0.5) is 4.79 Å². The number of aromatic nitrogens is 1. The smallest absolute Gasteiger partial charge is 0.407 e. The molecular formula is C15H20N4O3. The second kappa shape index (κ2) is 7.98. The van der Waals surface area contributed by atoms with Crippen molar-refractivity contribution in [2.45, 2.75) is 32.8 Å². The quantitative estimate of drug-likeness (QED) is 0.804. The van der Waals surface area contributed by atoms with Crippen molar-refractivity contribution >= 4 is 12.0 Å². The molecule has 0 aliphatic carbocycles. The van der Waals surface area contributed by atoms with Crippen molar-refractivity contribution in [1.29, 1.82) is 5.26 Å². The molecule has 0 aliphatic heterocycles. The molecular weight excluding hydrogens is 284 g/mol. The van der Waals surface area contributed by atoms with E-state index < -0.39 is 11.7 Å². The molecule has 0 unspecified atom stereocenters.